The lowest BCUT2D eigenvalue weighted by atomic mass is 9.98. The molecule has 0 bridgehead atoms. The molecule has 1 saturated heterocycles. The van der Waals surface area contributed by atoms with E-state index in [1.54, 1.807) is 12.1 Å². The average Bonchev–Trinajstić information content (AvgIpc) is 2.40. The average molecular weight is 265 g/mol. The van der Waals surface area contributed by atoms with E-state index in [-0.39, 0.29) is 11.6 Å². The molecule has 0 aliphatic carbocycles. The number of amides is 1. The Kier molecular flexibility index (Phi) is 4.74. The van der Waals surface area contributed by atoms with Gasteiger partial charge in [0, 0.05) is 19.2 Å². The van der Waals surface area contributed by atoms with Crippen LogP contribution in [0.4, 0.5) is 15.8 Å². The highest BCUT2D eigenvalue weighted by atomic mass is 19.1. The number of nitrogens with one attached hydrogen (secondary N) is 3. The Bertz CT molecular complexity index is 444. The van der Waals surface area contributed by atoms with Gasteiger partial charge in [0.05, 0.1) is 5.69 Å². The van der Waals surface area contributed by atoms with E-state index in [1.165, 1.54) is 13.0 Å². The number of hydrogen-bond donors (Lipinski definition) is 3. The first-order valence-electron chi connectivity index (χ1n) is 6.67. The van der Waals surface area contributed by atoms with Gasteiger partial charge in [0.2, 0.25) is 5.91 Å². The Balaban J connectivity index is 1.94. The van der Waals surface area contributed by atoms with Crippen molar-refractivity contribution >= 4 is 17.3 Å². The van der Waals surface area contributed by atoms with E-state index in [1.807, 2.05) is 0 Å². The van der Waals surface area contributed by atoms with Gasteiger partial charge in [-0.2, -0.15) is 0 Å². The largest absolute Gasteiger partial charge is 0.385 e. The van der Waals surface area contributed by atoms with Gasteiger partial charge in [-0.15, -0.1) is 0 Å². The van der Waals surface area contributed by atoms with Crippen molar-refractivity contribution in [2.75, 3.05) is 30.3 Å². The van der Waals surface area contributed by atoms with Crippen LogP contribution in [0.25, 0.3) is 0 Å². The number of carbonyl (C=O) groups excluding carboxylic acids is 1. The van der Waals surface area contributed by atoms with E-state index in [0.717, 1.165) is 38.2 Å². The Morgan fingerprint density at radius 3 is 2.84 bits per heavy atom. The quantitative estimate of drug-likeness (QED) is 0.782. The van der Waals surface area contributed by atoms with Crippen molar-refractivity contribution in [2.24, 2.45) is 5.92 Å². The minimum Gasteiger partial charge on any atom is -0.385 e. The van der Waals surface area contributed by atoms with E-state index < -0.39 is 5.82 Å². The van der Waals surface area contributed by atoms with E-state index in [4.69, 9.17) is 0 Å². The van der Waals surface area contributed by atoms with Crippen LogP contribution in [0.1, 0.15) is 19.8 Å². The van der Waals surface area contributed by atoms with Crippen LogP contribution in [0.3, 0.4) is 0 Å². The fourth-order valence-electron chi connectivity index (χ4n) is 2.27. The van der Waals surface area contributed by atoms with E-state index >= 15 is 0 Å². The predicted molar refractivity (Wildman–Crippen MR) is 74.8 cm³/mol. The highest BCUT2D eigenvalue weighted by molar-refractivity contribution is 5.89. The molecule has 1 aliphatic rings. The molecule has 1 heterocycles. The third kappa shape index (κ3) is 4.21. The van der Waals surface area contributed by atoms with E-state index in [0.29, 0.717) is 5.92 Å². The molecule has 0 saturated carbocycles. The smallest absolute Gasteiger partial charge is 0.221 e. The van der Waals surface area contributed by atoms with Crippen molar-refractivity contribution in [3.63, 3.8) is 0 Å². The third-order valence-corrected chi connectivity index (χ3v) is 3.33. The first kappa shape index (κ1) is 13.8. The summed E-state index contributed by atoms with van der Waals surface area (Å²) in [6, 6.07) is 4.70. The number of halogens is 1. The molecule has 1 aromatic carbocycles. The molecule has 1 aliphatic heterocycles. The number of carbonyl (C=O) groups is 1. The summed E-state index contributed by atoms with van der Waals surface area (Å²) in [5, 5.41) is 9.12. The molecular formula is C14H20FN3O. The zero-order valence-electron chi connectivity index (χ0n) is 11.1. The second-order valence-corrected chi connectivity index (χ2v) is 4.95. The molecule has 5 heteroatoms. The Hall–Kier alpha value is -1.62. The van der Waals surface area contributed by atoms with E-state index in [9.17, 15) is 9.18 Å². The molecule has 1 aromatic rings. The summed E-state index contributed by atoms with van der Waals surface area (Å²) in [7, 11) is 0. The predicted octanol–water partition coefficient (Wildman–Crippen LogP) is 2.20. The zero-order valence-corrected chi connectivity index (χ0v) is 11.1. The zero-order chi connectivity index (χ0) is 13.7. The molecule has 1 amide bonds. The summed E-state index contributed by atoms with van der Waals surface area (Å²) < 4.78 is 13.5. The van der Waals surface area contributed by atoms with Crippen molar-refractivity contribution in [3.05, 3.63) is 24.0 Å². The van der Waals surface area contributed by atoms with Crippen LogP contribution in [0.2, 0.25) is 0 Å². The maximum absolute atomic E-state index is 13.5. The molecule has 19 heavy (non-hydrogen) atoms. The molecule has 0 radical (unpaired) electrons. The molecule has 3 N–H and O–H groups in total. The second kappa shape index (κ2) is 6.52. The summed E-state index contributed by atoms with van der Waals surface area (Å²) in [5.41, 5.74) is 1.06. The summed E-state index contributed by atoms with van der Waals surface area (Å²) in [6.07, 6.45) is 2.32. The normalized spacial score (nSPS) is 16.1. The number of rotatable bonds is 4. The standard InChI is InChI=1S/C14H20FN3O/c1-10(19)18-14-8-12(2-3-13(14)15)17-9-11-4-6-16-7-5-11/h2-3,8,11,16-17H,4-7,9H2,1H3,(H,18,19). The maximum atomic E-state index is 13.5. The summed E-state index contributed by atoms with van der Waals surface area (Å²) in [6.45, 7) is 4.38. The highest BCUT2D eigenvalue weighted by Crippen LogP contribution is 2.21. The van der Waals surface area contributed by atoms with E-state index in [2.05, 4.69) is 16.0 Å². The lowest BCUT2D eigenvalue weighted by Crippen LogP contribution is -2.31. The summed E-state index contributed by atoms with van der Waals surface area (Å²) in [5.74, 6) is -0.0347. The van der Waals surface area contributed by atoms with Gasteiger partial charge in [-0.25, -0.2) is 4.39 Å². The van der Waals surface area contributed by atoms with Gasteiger partial charge in [0.1, 0.15) is 5.82 Å². The number of piperidine rings is 1. The highest BCUT2D eigenvalue weighted by Gasteiger charge is 2.13. The SMILES string of the molecule is CC(=O)Nc1cc(NCC2CCNCC2)ccc1F. The second-order valence-electron chi connectivity index (χ2n) is 4.95. The van der Waals surface area contributed by atoms with Gasteiger partial charge >= 0.3 is 0 Å². The van der Waals surface area contributed by atoms with Crippen LogP contribution >= 0.6 is 0 Å². The minimum absolute atomic E-state index is 0.225. The van der Waals surface area contributed by atoms with Crippen LogP contribution < -0.4 is 16.0 Å². The lowest BCUT2D eigenvalue weighted by molar-refractivity contribution is -0.114. The Morgan fingerprint density at radius 2 is 2.16 bits per heavy atom. The lowest BCUT2D eigenvalue weighted by Gasteiger charge is -2.23. The Morgan fingerprint density at radius 1 is 1.42 bits per heavy atom. The number of benzene rings is 1. The molecule has 2 rings (SSSR count). The van der Waals surface area contributed by atoms with Gasteiger partial charge < -0.3 is 16.0 Å². The van der Waals surface area contributed by atoms with Crippen molar-refractivity contribution in [2.45, 2.75) is 19.8 Å². The molecule has 0 atom stereocenters. The molecule has 0 aromatic heterocycles. The Labute approximate surface area is 112 Å². The molecule has 0 spiro atoms. The fraction of sp³-hybridized carbons (Fsp3) is 0.500. The van der Waals surface area contributed by atoms with Crippen molar-refractivity contribution < 1.29 is 9.18 Å². The molecule has 1 fully saturated rings. The first-order valence-corrected chi connectivity index (χ1v) is 6.67. The maximum Gasteiger partial charge on any atom is 0.221 e. The monoisotopic (exact) mass is 265 g/mol. The topological polar surface area (TPSA) is 53.2 Å². The summed E-state index contributed by atoms with van der Waals surface area (Å²) >= 11 is 0. The van der Waals surface area contributed by atoms with Gasteiger partial charge in [0.25, 0.3) is 0 Å². The number of hydrogen-bond acceptors (Lipinski definition) is 3. The van der Waals surface area contributed by atoms with Crippen LogP contribution in [-0.4, -0.2) is 25.5 Å². The minimum atomic E-state index is -0.414. The van der Waals surface area contributed by atoms with Crippen molar-refractivity contribution in [3.8, 4) is 0 Å². The first-order chi connectivity index (χ1) is 9.15. The van der Waals surface area contributed by atoms with Crippen LogP contribution in [-0.2, 0) is 4.79 Å². The molecule has 104 valence electrons. The number of anilines is 2. The molecule has 0 unspecified atom stereocenters. The van der Waals surface area contributed by atoms with Crippen molar-refractivity contribution in [1.82, 2.24) is 5.32 Å². The molecular weight excluding hydrogens is 245 g/mol. The third-order valence-electron chi connectivity index (χ3n) is 3.33. The van der Waals surface area contributed by atoms with Crippen LogP contribution in [0.15, 0.2) is 18.2 Å². The fourth-order valence-corrected chi connectivity index (χ4v) is 2.27. The van der Waals surface area contributed by atoms with Crippen molar-refractivity contribution in [1.29, 1.82) is 0 Å². The van der Waals surface area contributed by atoms with Gasteiger partial charge in [0.15, 0.2) is 0 Å². The van der Waals surface area contributed by atoms with Gasteiger partial charge in [-0.05, 0) is 50.0 Å². The van der Waals surface area contributed by atoms with Crippen LogP contribution in [0, 0.1) is 11.7 Å². The molecule has 4 nitrogen and oxygen atoms in total. The van der Waals surface area contributed by atoms with Crippen LogP contribution in [0.5, 0.6) is 0 Å². The summed E-state index contributed by atoms with van der Waals surface area (Å²) in [4.78, 5) is 11.0. The van der Waals surface area contributed by atoms with Gasteiger partial charge in [-0.1, -0.05) is 0 Å². The van der Waals surface area contributed by atoms with Gasteiger partial charge in [-0.3, -0.25) is 4.79 Å².